The van der Waals surface area contributed by atoms with Crippen LogP contribution in [0, 0.1) is 0 Å². The molecule has 22 heavy (non-hydrogen) atoms. The van der Waals surface area contributed by atoms with E-state index in [0.717, 1.165) is 18.4 Å². The molecule has 0 atom stereocenters. The van der Waals surface area contributed by atoms with Crippen molar-refractivity contribution in [3.63, 3.8) is 0 Å². The highest BCUT2D eigenvalue weighted by molar-refractivity contribution is 7.89. The molecule has 6 heteroatoms. The van der Waals surface area contributed by atoms with Gasteiger partial charge in [-0.25, -0.2) is 8.42 Å². The fourth-order valence-electron chi connectivity index (χ4n) is 2.12. The molecule has 1 N–H and O–H groups in total. The maximum absolute atomic E-state index is 12.3. The van der Waals surface area contributed by atoms with Crippen molar-refractivity contribution in [2.24, 2.45) is 0 Å². The number of carbonyl (C=O) groups is 1. The zero-order chi connectivity index (χ0) is 16.6. The first-order chi connectivity index (χ1) is 10.5. The van der Waals surface area contributed by atoms with E-state index in [4.69, 9.17) is 0 Å². The molecule has 1 rings (SSSR count). The van der Waals surface area contributed by atoms with E-state index < -0.39 is 10.0 Å². The van der Waals surface area contributed by atoms with Gasteiger partial charge in [0.15, 0.2) is 0 Å². The minimum atomic E-state index is -3.42. The number of carbonyl (C=O) groups excluding carboxylic acids is 1. The Bertz CT molecular complexity index is 564. The lowest BCUT2D eigenvalue weighted by Crippen LogP contribution is -2.30. The number of rotatable bonds is 9. The number of benzene rings is 1. The van der Waals surface area contributed by atoms with Gasteiger partial charge < -0.3 is 5.32 Å². The van der Waals surface area contributed by atoms with Crippen molar-refractivity contribution in [3.05, 3.63) is 29.8 Å². The van der Waals surface area contributed by atoms with Crippen molar-refractivity contribution in [3.8, 4) is 0 Å². The third kappa shape index (κ3) is 5.10. The van der Waals surface area contributed by atoms with Crippen LogP contribution in [0.2, 0.25) is 0 Å². The molecular formula is C16H26N2O3S. The normalized spacial score (nSPS) is 11.6. The number of hydrogen-bond donors (Lipinski definition) is 1. The number of hydrogen-bond acceptors (Lipinski definition) is 3. The zero-order valence-electron chi connectivity index (χ0n) is 13.6. The van der Waals surface area contributed by atoms with Crippen molar-refractivity contribution in [2.75, 3.05) is 13.1 Å². The zero-order valence-corrected chi connectivity index (χ0v) is 14.4. The average Bonchev–Trinajstić information content (AvgIpc) is 2.52. The lowest BCUT2D eigenvalue weighted by atomic mass is 10.2. The molecule has 0 aliphatic heterocycles. The first kappa shape index (κ1) is 18.6. The molecule has 1 amide bonds. The molecule has 1 aromatic rings. The minimum Gasteiger partial charge on any atom is -0.352 e. The molecule has 124 valence electrons. The third-order valence-electron chi connectivity index (χ3n) is 3.51. The Balaban J connectivity index is 2.69. The summed E-state index contributed by atoms with van der Waals surface area (Å²) in [6.45, 7) is 7.02. The second-order valence-corrected chi connectivity index (χ2v) is 7.05. The Hall–Kier alpha value is -1.40. The van der Waals surface area contributed by atoms with Gasteiger partial charge in [-0.2, -0.15) is 4.31 Å². The Labute approximate surface area is 133 Å². The van der Waals surface area contributed by atoms with Gasteiger partial charge in [-0.15, -0.1) is 0 Å². The van der Waals surface area contributed by atoms with E-state index in [9.17, 15) is 13.2 Å². The molecule has 0 fully saturated rings. The van der Waals surface area contributed by atoms with Crippen LogP contribution in [0.3, 0.4) is 0 Å². The average molecular weight is 326 g/mol. The summed E-state index contributed by atoms with van der Waals surface area (Å²) in [6, 6.07) is 6.69. The maximum Gasteiger partial charge on any atom is 0.243 e. The summed E-state index contributed by atoms with van der Waals surface area (Å²) < 4.78 is 26.1. The molecule has 0 aliphatic carbocycles. The first-order valence-corrected chi connectivity index (χ1v) is 9.25. The second-order valence-electron chi connectivity index (χ2n) is 5.11. The predicted octanol–water partition coefficient (Wildman–Crippen LogP) is 2.52. The molecule has 0 radical (unpaired) electrons. The van der Waals surface area contributed by atoms with E-state index in [-0.39, 0.29) is 10.8 Å². The van der Waals surface area contributed by atoms with Crippen LogP contribution >= 0.6 is 0 Å². The van der Waals surface area contributed by atoms with Gasteiger partial charge in [0.2, 0.25) is 15.9 Å². The molecule has 5 nitrogen and oxygen atoms in total. The van der Waals surface area contributed by atoms with Crippen LogP contribution in [-0.4, -0.2) is 31.7 Å². The van der Waals surface area contributed by atoms with Crippen molar-refractivity contribution in [1.29, 1.82) is 0 Å². The van der Waals surface area contributed by atoms with Gasteiger partial charge in [0, 0.05) is 26.1 Å². The summed E-state index contributed by atoms with van der Waals surface area (Å²) in [4.78, 5) is 11.8. The molecule has 0 heterocycles. The highest BCUT2D eigenvalue weighted by Gasteiger charge is 2.21. The van der Waals surface area contributed by atoms with Gasteiger partial charge in [-0.05, 0) is 24.1 Å². The number of nitrogens with one attached hydrogen (secondary N) is 1. The van der Waals surface area contributed by atoms with Gasteiger partial charge in [0.25, 0.3) is 0 Å². The van der Waals surface area contributed by atoms with Crippen LogP contribution in [0.4, 0.5) is 0 Å². The molecule has 0 spiro atoms. The van der Waals surface area contributed by atoms with Crippen molar-refractivity contribution >= 4 is 15.9 Å². The van der Waals surface area contributed by atoms with Crippen LogP contribution in [-0.2, 0) is 21.4 Å². The third-order valence-corrected chi connectivity index (χ3v) is 5.58. The fraction of sp³-hybridized carbons (Fsp3) is 0.562. The molecule has 1 aromatic carbocycles. The van der Waals surface area contributed by atoms with Crippen LogP contribution in [0.5, 0.6) is 0 Å². The van der Waals surface area contributed by atoms with E-state index >= 15 is 0 Å². The van der Waals surface area contributed by atoms with Gasteiger partial charge in [0.1, 0.15) is 0 Å². The largest absolute Gasteiger partial charge is 0.352 e. The Kier molecular flexibility index (Phi) is 7.55. The molecule has 0 unspecified atom stereocenters. The summed E-state index contributed by atoms with van der Waals surface area (Å²) in [5.74, 6) is 0.0293. The van der Waals surface area contributed by atoms with Crippen LogP contribution < -0.4 is 5.32 Å². The molecule has 0 aliphatic rings. The van der Waals surface area contributed by atoms with Crippen LogP contribution in [0.1, 0.15) is 45.6 Å². The lowest BCUT2D eigenvalue weighted by Gasteiger charge is -2.18. The topological polar surface area (TPSA) is 66.5 Å². The Morgan fingerprint density at radius 1 is 1.09 bits per heavy atom. The summed E-state index contributed by atoms with van der Waals surface area (Å²) in [6.07, 6.45) is 2.41. The number of amides is 1. The summed E-state index contributed by atoms with van der Waals surface area (Å²) in [7, 11) is -3.42. The van der Waals surface area contributed by atoms with Gasteiger partial charge in [-0.1, -0.05) is 39.3 Å². The predicted molar refractivity (Wildman–Crippen MR) is 87.9 cm³/mol. The quantitative estimate of drug-likeness (QED) is 0.758. The number of nitrogens with zero attached hydrogens (tertiary/aromatic N) is 1. The molecule has 0 aromatic heterocycles. The van der Waals surface area contributed by atoms with Crippen molar-refractivity contribution in [1.82, 2.24) is 9.62 Å². The van der Waals surface area contributed by atoms with Crippen LogP contribution in [0.15, 0.2) is 29.2 Å². The summed E-state index contributed by atoms with van der Waals surface area (Å²) >= 11 is 0. The Morgan fingerprint density at radius 3 is 2.18 bits per heavy atom. The Morgan fingerprint density at radius 2 is 1.68 bits per heavy atom. The van der Waals surface area contributed by atoms with Gasteiger partial charge >= 0.3 is 0 Å². The maximum atomic E-state index is 12.3. The van der Waals surface area contributed by atoms with E-state index in [1.54, 1.807) is 24.3 Å². The second kappa shape index (κ2) is 8.90. The molecule has 0 saturated heterocycles. The minimum absolute atomic E-state index is 0.0293. The van der Waals surface area contributed by atoms with E-state index in [1.807, 2.05) is 20.8 Å². The SMILES string of the molecule is CCCCC(=O)NCc1ccc(S(=O)(=O)N(CC)CC)cc1. The molecule has 0 saturated carbocycles. The van der Waals surface area contributed by atoms with Crippen molar-refractivity contribution in [2.45, 2.75) is 51.5 Å². The van der Waals surface area contributed by atoms with E-state index in [2.05, 4.69) is 5.32 Å². The molecular weight excluding hydrogens is 300 g/mol. The fourth-order valence-corrected chi connectivity index (χ4v) is 3.58. The first-order valence-electron chi connectivity index (χ1n) is 7.81. The highest BCUT2D eigenvalue weighted by atomic mass is 32.2. The smallest absolute Gasteiger partial charge is 0.243 e. The monoisotopic (exact) mass is 326 g/mol. The van der Waals surface area contributed by atoms with Gasteiger partial charge in [-0.3, -0.25) is 4.79 Å². The van der Waals surface area contributed by atoms with Crippen molar-refractivity contribution < 1.29 is 13.2 Å². The number of sulfonamides is 1. The van der Waals surface area contributed by atoms with E-state index in [1.165, 1.54) is 4.31 Å². The molecule has 0 bridgehead atoms. The number of unbranched alkanes of at least 4 members (excludes halogenated alkanes) is 1. The highest BCUT2D eigenvalue weighted by Crippen LogP contribution is 2.16. The van der Waals surface area contributed by atoms with Crippen LogP contribution in [0.25, 0.3) is 0 Å². The van der Waals surface area contributed by atoms with Gasteiger partial charge in [0.05, 0.1) is 4.90 Å². The summed E-state index contributed by atoms with van der Waals surface area (Å²) in [5.41, 5.74) is 0.892. The lowest BCUT2D eigenvalue weighted by molar-refractivity contribution is -0.121. The standard InChI is InChI=1S/C16H26N2O3S/c1-4-7-8-16(19)17-13-14-9-11-15(12-10-14)22(20,21)18(5-2)6-3/h9-12H,4-8,13H2,1-3H3,(H,17,19). The van der Waals surface area contributed by atoms with E-state index in [0.29, 0.717) is 26.1 Å². The summed E-state index contributed by atoms with van der Waals surface area (Å²) in [5, 5.41) is 2.84.